The Kier molecular flexibility index (Phi) is 8.39. The van der Waals surface area contributed by atoms with E-state index >= 15 is 0 Å². The van der Waals surface area contributed by atoms with Crippen molar-refractivity contribution in [3.63, 3.8) is 0 Å². The highest BCUT2D eigenvalue weighted by Gasteiger charge is 2.30. The van der Waals surface area contributed by atoms with Crippen molar-refractivity contribution in [3.05, 3.63) is 107 Å². The summed E-state index contributed by atoms with van der Waals surface area (Å²) in [4.78, 5) is 19.3. The van der Waals surface area contributed by atoms with Gasteiger partial charge in [0.25, 0.3) is 0 Å². The molecule has 10 heteroatoms. The summed E-state index contributed by atoms with van der Waals surface area (Å²) >= 11 is 1.20. The molecule has 0 fully saturated rings. The second-order valence-electron chi connectivity index (χ2n) is 8.34. The summed E-state index contributed by atoms with van der Waals surface area (Å²) in [6.45, 7) is 0.381. The van der Waals surface area contributed by atoms with Gasteiger partial charge in [-0.15, -0.1) is 0 Å². The molecule has 0 radical (unpaired) electrons. The number of nitrogens with zero attached hydrogens (tertiary/aromatic N) is 3. The first-order valence-corrected chi connectivity index (χ1v) is 12.2. The van der Waals surface area contributed by atoms with E-state index in [-0.39, 0.29) is 19.0 Å². The summed E-state index contributed by atoms with van der Waals surface area (Å²) in [7, 11) is 1.61. The Labute approximate surface area is 216 Å². The van der Waals surface area contributed by atoms with Gasteiger partial charge in [0.15, 0.2) is 0 Å². The van der Waals surface area contributed by atoms with Crippen molar-refractivity contribution in [1.82, 2.24) is 14.7 Å². The van der Waals surface area contributed by atoms with Crippen LogP contribution in [0, 0.1) is 0 Å². The van der Waals surface area contributed by atoms with E-state index < -0.39 is 11.7 Å². The fourth-order valence-electron chi connectivity index (χ4n) is 3.69. The molecular weight excluding hydrogens is 501 g/mol. The Balaban J connectivity index is 1.46. The topological polar surface area (TPSA) is 67.3 Å². The van der Waals surface area contributed by atoms with Crippen molar-refractivity contribution in [1.29, 1.82) is 0 Å². The Morgan fingerprint density at radius 2 is 1.70 bits per heavy atom. The molecule has 0 spiro atoms. The number of methoxy groups -OCH3 is 1. The lowest BCUT2D eigenvalue weighted by Gasteiger charge is -2.21. The molecule has 0 saturated heterocycles. The maximum absolute atomic E-state index is 13.0. The SMILES string of the molecule is COc1cccc(Cc2nsc(N(CC(=O)NCc3cccc(C(F)(F)F)c3)Cc3ccccc3)n2)c1. The molecule has 0 aliphatic heterocycles. The van der Waals surface area contributed by atoms with E-state index in [2.05, 4.69) is 14.7 Å². The smallest absolute Gasteiger partial charge is 0.416 e. The fourth-order valence-corrected chi connectivity index (χ4v) is 4.38. The average Bonchev–Trinajstić information content (AvgIpc) is 3.36. The van der Waals surface area contributed by atoms with E-state index in [1.54, 1.807) is 13.2 Å². The minimum absolute atomic E-state index is 0.0147. The zero-order chi connectivity index (χ0) is 26.3. The van der Waals surface area contributed by atoms with Gasteiger partial charge in [-0.1, -0.05) is 54.6 Å². The quantitative estimate of drug-likeness (QED) is 0.297. The minimum Gasteiger partial charge on any atom is -0.497 e. The number of alkyl halides is 3. The molecule has 37 heavy (non-hydrogen) atoms. The molecule has 3 aromatic carbocycles. The predicted molar refractivity (Wildman–Crippen MR) is 136 cm³/mol. The van der Waals surface area contributed by atoms with Crippen molar-refractivity contribution in [2.45, 2.75) is 25.7 Å². The normalized spacial score (nSPS) is 11.2. The van der Waals surface area contributed by atoms with E-state index in [4.69, 9.17) is 4.74 Å². The third-order valence-corrected chi connectivity index (χ3v) is 6.33. The van der Waals surface area contributed by atoms with Gasteiger partial charge in [-0.25, -0.2) is 4.98 Å². The van der Waals surface area contributed by atoms with Gasteiger partial charge in [0.1, 0.15) is 11.6 Å². The number of carbonyl (C=O) groups excluding carboxylic acids is 1. The van der Waals surface area contributed by atoms with Crippen molar-refractivity contribution in [3.8, 4) is 5.75 Å². The Morgan fingerprint density at radius 1 is 0.973 bits per heavy atom. The predicted octanol–water partition coefficient (Wildman–Crippen LogP) is 5.48. The van der Waals surface area contributed by atoms with Gasteiger partial charge in [-0.3, -0.25) is 4.79 Å². The number of hydrogen-bond donors (Lipinski definition) is 1. The maximum Gasteiger partial charge on any atom is 0.416 e. The van der Waals surface area contributed by atoms with Gasteiger partial charge in [0.05, 0.1) is 19.2 Å². The van der Waals surface area contributed by atoms with Crippen molar-refractivity contribution >= 4 is 22.6 Å². The molecule has 1 amide bonds. The van der Waals surface area contributed by atoms with Gasteiger partial charge < -0.3 is 15.0 Å². The molecule has 0 aliphatic rings. The first-order valence-electron chi connectivity index (χ1n) is 11.5. The van der Waals surface area contributed by atoms with Crippen LogP contribution in [0.1, 0.15) is 28.1 Å². The molecule has 192 valence electrons. The number of carbonyl (C=O) groups is 1. The van der Waals surface area contributed by atoms with Gasteiger partial charge in [-0.05, 0) is 41.0 Å². The van der Waals surface area contributed by atoms with Crippen LogP contribution in [0.4, 0.5) is 18.3 Å². The molecule has 1 heterocycles. The molecule has 1 N–H and O–H groups in total. The summed E-state index contributed by atoms with van der Waals surface area (Å²) in [5, 5.41) is 3.30. The second-order valence-corrected chi connectivity index (χ2v) is 9.07. The summed E-state index contributed by atoms with van der Waals surface area (Å²) in [6, 6.07) is 22.2. The van der Waals surface area contributed by atoms with Crippen LogP contribution in [-0.4, -0.2) is 28.9 Å². The number of aromatic nitrogens is 2. The van der Waals surface area contributed by atoms with E-state index in [1.165, 1.54) is 17.6 Å². The number of nitrogens with one attached hydrogen (secondary N) is 1. The molecule has 0 unspecified atom stereocenters. The van der Waals surface area contributed by atoms with Crippen molar-refractivity contribution in [2.75, 3.05) is 18.6 Å². The molecule has 0 saturated carbocycles. The third-order valence-electron chi connectivity index (χ3n) is 5.52. The van der Waals surface area contributed by atoms with Crippen LogP contribution in [0.2, 0.25) is 0 Å². The summed E-state index contributed by atoms with van der Waals surface area (Å²) in [5.41, 5.74) is 1.60. The van der Waals surface area contributed by atoms with E-state index in [0.717, 1.165) is 29.0 Å². The standard InChI is InChI=1S/C27H25F3N4O2S/c1-36-23-12-6-9-20(14-23)15-24-32-26(37-33-24)34(17-19-7-3-2-4-8-19)18-25(35)31-16-21-10-5-11-22(13-21)27(28,29)30/h2-14H,15-18H2,1H3,(H,31,35). The molecular formula is C27H25F3N4O2S. The number of halogens is 3. The summed E-state index contributed by atoms with van der Waals surface area (Å²) in [5.74, 6) is 1.03. The van der Waals surface area contributed by atoms with Crippen LogP contribution in [0.3, 0.4) is 0 Å². The van der Waals surface area contributed by atoms with Gasteiger partial charge in [0.2, 0.25) is 11.0 Å². The number of amides is 1. The van der Waals surface area contributed by atoms with Crippen molar-refractivity contribution in [2.24, 2.45) is 0 Å². The average molecular weight is 527 g/mol. The number of anilines is 1. The minimum atomic E-state index is -4.44. The zero-order valence-electron chi connectivity index (χ0n) is 20.0. The molecule has 0 bridgehead atoms. The molecule has 6 nitrogen and oxygen atoms in total. The van der Waals surface area contributed by atoms with Crippen LogP contribution >= 0.6 is 11.5 Å². The Hall–Kier alpha value is -3.92. The molecule has 0 atom stereocenters. The first kappa shape index (κ1) is 26.2. The Morgan fingerprint density at radius 3 is 2.46 bits per heavy atom. The summed E-state index contributed by atoms with van der Waals surface area (Å²) in [6.07, 6.45) is -3.93. The number of benzene rings is 3. The van der Waals surface area contributed by atoms with Gasteiger partial charge >= 0.3 is 6.18 Å². The molecule has 0 aliphatic carbocycles. The maximum atomic E-state index is 13.0. The third kappa shape index (κ3) is 7.53. The lowest BCUT2D eigenvalue weighted by Crippen LogP contribution is -2.36. The van der Waals surface area contributed by atoms with Crippen LogP contribution in [0.25, 0.3) is 0 Å². The highest BCUT2D eigenvalue weighted by molar-refractivity contribution is 7.09. The second kappa shape index (κ2) is 11.9. The zero-order valence-corrected chi connectivity index (χ0v) is 20.9. The fraction of sp³-hybridized carbons (Fsp3) is 0.222. The van der Waals surface area contributed by atoms with Crippen LogP contribution in [-0.2, 0) is 30.5 Å². The lowest BCUT2D eigenvalue weighted by atomic mass is 10.1. The van der Waals surface area contributed by atoms with E-state index in [0.29, 0.717) is 29.5 Å². The highest BCUT2D eigenvalue weighted by Crippen LogP contribution is 2.29. The van der Waals surface area contributed by atoms with Crippen LogP contribution in [0.5, 0.6) is 5.75 Å². The van der Waals surface area contributed by atoms with Gasteiger partial charge in [0, 0.05) is 31.0 Å². The van der Waals surface area contributed by atoms with E-state index in [9.17, 15) is 18.0 Å². The first-order chi connectivity index (χ1) is 17.8. The van der Waals surface area contributed by atoms with Crippen LogP contribution in [0.15, 0.2) is 78.9 Å². The largest absolute Gasteiger partial charge is 0.497 e. The molecule has 4 rings (SSSR count). The summed E-state index contributed by atoms with van der Waals surface area (Å²) < 4.78 is 48.7. The number of hydrogen-bond acceptors (Lipinski definition) is 6. The monoisotopic (exact) mass is 526 g/mol. The van der Waals surface area contributed by atoms with Crippen LogP contribution < -0.4 is 15.0 Å². The highest BCUT2D eigenvalue weighted by atomic mass is 32.1. The molecule has 4 aromatic rings. The van der Waals surface area contributed by atoms with Gasteiger partial charge in [-0.2, -0.15) is 17.5 Å². The van der Waals surface area contributed by atoms with E-state index in [1.807, 2.05) is 59.5 Å². The van der Waals surface area contributed by atoms with Crippen molar-refractivity contribution < 1.29 is 22.7 Å². The molecule has 1 aromatic heterocycles. The number of rotatable bonds is 10. The Bertz CT molecular complexity index is 1330. The lowest BCUT2D eigenvalue weighted by molar-refractivity contribution is -0.137. The number of ether oxygens (including phenoxy) is 1.